The zero-order valence-electron chi connectivity index (χ0n) is 14.9. The summed E-state index contributed by atoms with van der Waals surface area (Å²) >= 11 is 0. The molecule has 4 nitrogen and oxygen atoms in total. The van der Waals surface area contributed by atoms with E-state index in [0.717, 1.165) is 22.3 Å². The van der Waals surface area contributed by atoms with Gasteiger partial charge in [-0.1, -0.05) is 48.5 Å². The molecule has 0 saturated carbocycles. The van der Waals surface area contributed by atoms with Crippen LogP contribution in [-0.4, -0.2) is 5.91 Å². The number of nitrogens with one attached hydrogen (secondary N) is 1. The molecule has 0 atom stereocenters. The molecule has 27 heavy (non-hydrogen) atoms. The Morgan fingerprint density at radius 2 is 1.63 bits per heavy atom. The zero-order valence-corrected chi connectivity index (χ0v) is 14.9. The number of carbonyl (C=O) groups is 1. The summed E-state index contributed by atoms with van der Waals surface area (Å²) in [6.45, 7) is 2.39. The standard InChI is InChI=1S/C23H19NO3/c1-16-20-9-5-6-10-21(20)27-22(16)23(25)24-18-11-13-19(14-12-18)26-15-17-7-3-2-4-8-17/h2-14H,15H2,1H3,(H,24,25). The summed E-state index contributed by atoms with van der Waals surface area (Å²) < 4.78 is 11.5. The van der Waals surface area contributed by atoms with Gasteiger partial charge in [0.1, 0.15) is 17.9 Å². The van der Waals surface area contributed by atoms with E-state index in [9.17, 15) is 4.79 Å². The van der Waals surface area contributed by atoms with E-state index in [-0.39, 0.29) is 5.91 Å². The van der Waals surface area contributed by atoms with Crippen LogP contribution in [0.5, 0.6) is 5.75 Å². The number of carbonyl (C=O) groups excluding carboxylic acids is 1. The second-order valence-corrected chi connectivity index (χ2v) is 6.31. The Morgan fingerprint density at radius 1 is 0.926 bits per heavy atom. The van der Waals surface area contributed by atoms with Crippen molar-refractivity contribution in [3.63, 3.8) is 0 Å². The minimum atomic E-state index is -0.262. The van der Waals surface area contributed by atoms with Crippen LogP contribution in [-0.2, 0) is 6.61 Å². The molecule has 0 spiro atoms. The molecule has 0 aliphatic carbocycles. The third-order valence-electron chi connectivity index (χ3n) is 4.41. The van der Waals surface area contributed by atoms with Crippen molar-refractivity contribution in [3.05, 3.63) is 95.7 Å². The lowest BCUT2D eigenvalue weighted by molar-refractivity contribution is 0.0998. The lowest BCUT2D eigenvalue weighted by Crippen LogP contribution is -2.12. The Morgan fingerprint density at radius 3 is 2.37 bits per heavy atom. The van der Waals surface area contributed by atoms with Crippen LogP contribution >= 0.6 is 0 Å². The third-order valence-corrected chi connectivity index (χ3v) is 4.41. The number of benzene rings is 3. The van der Waals surface area contributed by atoms with Crippen molar-refractivity contribution in [1.29, 1.82) is 0 Å². The molecule has 4 aromatic rings. The molecule has 0 fully saturated rings. The van der Waals surface area contributed by atoms with Crippen LogP contribution in [0.25, 0.3) is 11.0 Å². The van der Waals surface area contributed by atoms with E-state index in [0.29, 0.717) is 23.6 Å². The summed E-state index contributed by atoms with van der Waals surface area (Å²) in [6, 6.07) is 24.9. The molecule has 1 N–H and O–H groups in total. The fraction of sp³-hybridized carbons (Fsp3) is 0.0870. The van der Waals surface area contributed by atoms with E-state index < -0.39 is 0 Å². The highest BCUT2D eigenvalue weighted by Gasteiger charge is 2.17. The summed E-state index contributed by atoms with van der Waals surface area (Å²) in [5, 5.41) is 3.82. The smallest absolute Gasteiger partial charge is 0.291 e. The monoisotopic (exact) mass is 357 g/mol. The Kier molecular flexibility index (Phi) is 4.62. The summed E-state index contributed by atoms with van der Waals surface area (Å²) in [4.78, 5) is 12.6. The first kappa shape index (κ1) is 16.9. The fourth-order valence-electron chi connectivity index (χ4n) is 2.95. The van der Waals surface area contributed by atoms with E-state index in [1.54, 1.807) is 0 Å². The van der Waals surface area contributed by atoms with Crippen molar-refractivity contribution < 1.29 is 13.9 Å². The van der Waals surface area contributed by atoms with Gasteiger partial charge in [-0.05, 0) is 42.8 Å². The molecular weight excluding hydrogens is 338 g/mol. The van der Waals surface area contributed by atoms with Crippen LogP contribution in [0.4, 0.5) is 5.69 Å². The Labute approximate surface area is 157 Å². The third kappa shape index (κ3) is 3.70. The summed E-state index contributed by atoms with van der Waals surface area (Å²) in [5.41, 5.74) is 3.35. The quantitative estimate of drug-likeness (QED) is 0.508. The summed E-state index contributed by atoms with van der Waals surface area (Å²) in [5.74, 6) is 0.819. The maximum Gasteiger partial charge on any atom is 0.291 e. The number of anilines is 1. The van der Waals surface area contributed by atoms with Gasteiger partial charge in [0.05, 0.1) is 0 Å². The molecule has 1 amide bonds. The first-order valence-corrected chi connectivity index (χ1v) is 8.77. The molecular formula is C23H19NO3. The predicted octanol–water partition coefficient (Wildman–Crippen LogP) is 5.57. The average molecular weight is 357 g/mol. The number of hydrogen-bond donors (Lipinski definition) is 1. The number of furan rings is 1. The average Bonchev–Trinajstić information content (AvgIpc) is 3.05. The van der Waals surface area contributed by atoms with E-state index in [2.05, 4.69) is 5.32 Å². The van der Waals surface area contributed by atoms with Crippen LogP contribution in [0.1, 0.15) is 21.7 Å². The summed E-state index contributed by atoms with van der Waals surface area (Å²) in [7, 11) is 0. The van der Waals surface area contributed by atoms with E-state index >= 15 is 0 Å². The lowest BCUT2D eigenvalue weighted by atomic mass is 10.1. The van der Waals surface area contributed by atoms with Crippen LogP contribution in [0.2, 0.25) is 0 Å². The van der Waals surface area contributed by atoms with Gasteiger partial charge in [0, 0.05) is 16.6 Å². The first-order chi connectivity index (χ1) is 13.2. The highest BCUT2D eigenvalue weighted by Crippen LogP contribution is 2.26. The van der Waals surface area contributed by atoms with Crippen molar-refractivity contribution in [3.8, 4) is 5.75 Å². The number of hydrogen-bond acceptors (Lipinski definition) is 3. The van der Waals surface area contributed by atoms with E-state index in [1.807, 2.05) is 85.8 Å². The second kappa shape index (κ2) is 7.38. The van der Waals surface area contributed by atoms with Crippen molar-refractivity contribution >= 4 is 22.6 Å². The fourth-order valence-corrected chi connectivity index (χ4v) is 2.95. The van der Waals surface area contributed by atoms with Crippen molar-refractivity contribution in [2.24, 2.45) is 0 Å². The van der Waals surface area contributed by atoms with Crippen LogP contribution in [0.3, 0.4) is 0 Å². The van der Waals surface area contributed by atoms with Gasteiger partial charge >= 0.3 is 0 Å². The molecule has 0 aliphatic heterocycles. The molecule has 0 bridgehead atoms. The highest BCUT2D eigenvalue weighted by atomic mass is 16.5. The maximum atomic E-state index is 12.6. The molecule has 134 valence electrons. The molecule has 0 saturated heterocycles. The Hall–Kier alpha value is -3.53. The number of aryl methyl sites for hydroxylation is 1. The highest BCUT2D eigenvalue weighted by molar-refractivity contribution is 6.06. The first-order valence-electron chi connectivity index (χ1n) is 8.77. The molecule has 3 aromatic carbocycles. The molecule has 1 aromatic heterocycles. The Bertz CT molecular complexity index is 1070. The van der Waals surface area contributed by atoms with Crippen molar-refractivity contribution in [2.75, 3.05) is 5.32 Å². The SMILES string of the molecule is Cc1c(C(=O)Nc2ccc(OCc3ccccc3)cc2)oc2ccccc12. The minimum absolute atomic E-state index is 0.262. The van der Waals surface area contributed by atoms with Gasteiger partial charge < -0.3 is 14.5 Å². The lowest BCUT2D eigenvalue weighted by Gasteiger charge is -2.08. The second-order valence-electron chi connectivity index (χ2n) is 6.31. The van der Waals surface area contributed by atoms with E-state index in [1.165, 1.54) is 0 Å². The molecule has 1 heterocycles. The number of amides is 1. The van der Waals surface area contributed by atoms with E-state index in [4.69, 9.17) is 9.15 Å². The van der Waals surface area contributed by atoms with Crippen LogP contribution < -0.4 is 10.1 Å². The van der Waals surface area contributed by atoms with Crippen molar-refractivity contribution in [1.82, 2.24) is 0 Å². The van der Waals surface area contributed by atoms with Gasteiger partial charge in [0.15, 0.2) is 5.76 Å². The normalized spacial score (nSPS) is 10.7. The molecule has 4 rings (SSSR count). The van der Waals surface area contributed by atoms with Crippen molar-refractivity contribution in [2.45, 2.75) is 13.5 Å². The zero-order chi connectivity index (χ0) is 18.6. The molecule has 4 heteroatoms. The van der Waals surface area contributed by atoms with Crippen LogP contribution in [0, 0.1) is 6.92 Å². The summed E-state index contributed by atoms with van der Waals surface area (Å²) in [6.07, 6.45) is 0. The topological polar surface area (TPSA) is 51.5 Å². The molecule has 0 aliphatic rings. The number of ether oxygens (including phenoxy) is 1. The number of para-hydroxylation sites is 1. The predicted molar refractivity (Wildman–Crippen MR) is 106 cm³/mol. The molecule has 0 unspecified atom stereocenters. The van der Waals surface area contributed by atoms with Gasteiger partial charge in [0.2, 0.25) is 0 Å². The van der Waals surface area contributed by atoms with Gasteiger partial charge in [-0.15, -0.1) is 0 Å². The number of fused-ring (bicyclic) bond motifs is 1. The largest absolute Gasteiger partial charge is 0.489 e. The van der Waals surface area contributed by atoms with Gasteiger partial charge in [0.25, 0.3) is 5.91 Å². The Balaban J connectivity index is 1.43. The maximum absolute atomic E-state index is 12.6. The van der Waals surface area contributed by atoms with Gasteiger partial charge in [-0.25, -0.2) is 0 Å². The number of rotatable bonds is 5. The van der Waals surface area contributed by atoms with Crippen LogP contribution in [0.15, 0.2) is 83.3 Å². The van der Waals surface area contributed by atoms with Gasteiger partial charge in [-0.2, -0.15) is 0 Å². The van der Waals surface area contributed by atoms with Gasteiger partial charge in [-0.3, -0.25) is 4.79 Å². The minimum Gasteiger partial charge on any atom is -0.489 e. The molecule has 0 radical (unpaired) electrons.